The first-order valence-electron chi connectivity index (χ1n) is 14.8. The third-order valence-corrected chi connectivity index (χ3v) is 9.71. The van der Waals surface area contributed by atoms with E-state index < -0.39 is 59.5 Å². The predicted molar refractivity (Wildman–Crippen MR) is 164 cm³/mol. The van der Waals surface area contributed by atoms with Gasteiger partial charge in [-0.1, -0.05) is 73.1 Å². The van der Waals surface area contributed by atoms with Crippen LogP contribution < -0.4 is 4.90 Å². The summed E-state index contributed by atoms with van der Waals surface area (Å²) < 4.78 is 12.5. The van der Waals surface area contributed by atoms with E-state index in [-0.39, 0.29) is 13.2 Å². The molecule has 3 saturated heterocycles. The topological polar surface area (TPSA) is 96.4 Å². The van der Waals surface area contributed by atoms with Crippen LogP contribution in [0.4, 0.5) is 5.69 Å². The van der Waals surface area contributed by atoms with Crippen LogP contribution in [0.25, 0.3) is 0 Å². The van der Waals surface area contributed by atoms with Gasteiger partial charge in [-0.05, 0) is 49.8 Å². The number of aryl methyl sites for hydroxylation is 1. The fourth-order valence-corrected chi connectivity index (χ4v) is 7.85. The fraction of sp³-hybridized carbons (Fsp3) is 0.441. The zero-order chi connectivity index (χ0) is 30.9. The molecular formula is C34H39ClN2O6. The number of hydrogen-bond donors (Lipinski definition) is 1. The minimum absolute atomic E-state index is 0.129. The molecule has 2 unspecified atom stereocenters. The van der Waals surface area contributed by atoms with Crippen LogP contribution in [-0.2, 0) is 23.9 Å². The van der Waals surface area contributed by atoms with E-state index in [1.807, 2.05) is 56.3 Å². The molecule has 2 aromatic rings. The summed E-state index contributed by atoms with van der Waals surface area (Å²) >= 11 is 6.67. The molecule has 0 saturated carbocycles. The van der Waals surface area contributed by atoms with Gasteiger partial charge in [0.1, 0.15) is 17.6 Å². The van der Waals surface area contributed by atoms with Gasteiger partial charge in [-0.2, -0.15) is 0 Å². The summed E-state index contributed by atoms with van der Waals surface area (Å²) in [7, 11) is 0. The van der Waals surface area contributed by atoms with E-state index in [1.165, 1.54) is 9.80 Å². The third kappa shape index (κ3) is 4.89. The average molecular weight is 607 g/mol. The first-order chi connectivity index (χ1) is 20.7. The first-order valence-corrected chi connectivity index (χ1v) is 15.2. The minimum Gasteiger partial charge on any atom is -0.465 e. The summed E-state index contributed by atoms with van der Waals surface area (Å²) in [6.07, 6.45) is 5.12. The van der Waals surface area contributed by atoms with Crippen molar-refractivity contribution in [3.8, 4) is 0 Å². The van der Waals surface area contributed by atoms with E-state index in [4.69, 9.17) is 21.1 Å². The van der Waals surface area contributed by atoms with Crippen molar-refractivity contribution in [3.05, 3.63) is 90.0 Å². The average Bonchev–Trinajstić information content (AvgIpc) is 3.61. The van der Waals surface area contributed by atoms with E-state index in [1.54, 1.807) is 18.2 Å². The lowest BCUT2D eigenvalue weighted by molar-refractivity contribution is -0.162. The van der Waals surface area contributed by atoms with Crippen molar-refractivity contribution in [1.82, 2.24) is 4.90 Å². The van der Waals surface area contributed by atoms with Crippen molar-refractivity contribution < 1.29 is 29.0 Å². The smallest absolute Gasteiger partial charge is 0.312 e. The molecule has 9 heteroatoms. The Labute approximate surface area is 257 Å². The highest BCUT2D eigenvalue weighted by atomic mass is 35.5. The summed E-state index contributed by atoms with van der Waals surface area (Å²) in [6, 6.07) is 12.5. The number of rotatable bonds is 12. The van der Waals surface area contributed by atoms with Crippen molar-refractivity contribution in [3.63, 3.8) is 0 Å². The number of hydrogen-bond acceptors (Lipinski definition) is 6. The van der Waals surface area contributed by atoms with Gasteiger partial charge in [-0.25, -0.2) is 0 Å². The van der Waals surface area contributed by atoms with Crippen LogP contribution in [0.5, 0.6) is 0 Å². The largest absolute Gasteiger partial charge is 0.465 e. The maximum Gasteiger partial charge on any atom is 0.312 e. The van der Waals surface area contributed by atoms with Crippen LogP contribution in [0.15, 0.2) is 73.8 Å². The van der Waals surface area contributed by atoms with Gasteiger partial charge in [0.15, 0.2) is 0 Å². The van der Waals surface area contributed by atoms with Gasteiger partial charge in [0, 0.05) is 6.54 Å². The minimum atomic E-state index is -1.30. The second-order valence-electron chi connectivity index (χ2n) is 11.6. The number of esters is 1. The van der Waals surface area contributed by atoms with Crippen LogP contribution in [-0.4, -0.2) is 64.8 Å². The van der Waals surface area contributed by atoms with E-state index >= 15 is 0 Å². The molecule has 0 radical (unpaired) electrons. The molecule has 43 heavy (non-hydrogen) atoms. The van der Waals surface area contributed by atoms with Crippen molar-refractivity contribution in [2.75, 3.05) is 24.7 Å². The lowest BCUT2D eigenvalue weighted by Crippen LogP contribution is -2.57. The molecular weight excluding hydrogens is 568 g/mol. The maximum absolute atomic E-state index is 15.0. The number of halogens is 1. The van der Waals surface area contributed by atoms with Crippen LogP contribution in [0.1, 0.15) is 49.8 Å². The van der Waals surface area contributed by atoms with Crippen LogP contribution in [0.2, 0.25) is 5.02 Å². The predicted octanol–water partition coefficient (Wildman–Crippen LogP) is 5.18. The Morgan fingerprint density at radius 2 is 1.93 bits per heavy atom. The SMILES string of the molecule is C=CCCOC(=O)[C@H]1[C@H]2C(=O)N([C@H](CO)c3ccccc3)C(C(=O)N(CC=C)c3c(C)cccc3Cl)C23CC[C@]1(CC)O3. The van der Waals surface area contributed by atoms with E-state index in [2.05, 4.69) is 13.2 Å². The van der Waals surface area contributed by atoms with E-state index in [0.717, 1.165) is 5.56 Å². The second-order valence-corrected chi connectivity index (χ2v) is 12.0. The van der Waals surface area contributed by atoms with E-state index in [0.29, 0.717) is 42.0 Å². The summed E-state index contributed by atoms with van der Waals surface area (Å²) in [6.45, 7) is 11.2. The zero-order valence-corrected chi connectivity index (χ0v) is 25.5. The highest BCUT2D eigenvalue weighted by Crippen LogP contribution is 2.65. The molecule has 6 atom stereocenters. The Bertz CT molecular complexity index is 1390. The van der Waals surface area contributed by atoms with Crippen molar-refractivity contribution in [2.45, 2.75) is 62.8 Å². The first kappa shape index (κ1) is 31.0. The molecule has 0 aliphatic carbocycles. The zero-order valence-electron chi connectivity index (χ0n) is 24.7. The lowest BCUT2D eigenvalue weighted by Gasteiger charge is -2.40. The number of para-hydroxylation sites is 1. The van der Waals surface area contributed by atoms with Gasteiger partial charge in [0.05, 0.1) is 41.5 Å². The number of benzene rings is 2. The number of carbonyl (C=O) groups excluding carboxylic acids is 3. The fourth-order valence-electron chi connectivity index (χ4n) is 7.52. The lowest BCUT2D eigenvalue weighted by atomic mass is 9.65. The molecule has 3 aliphatic heterocycles. The summed E-state index contributed by atoms with van der Waals surface area (Å²) in [5, 5.41) is 11.1. The van der Waals surface area contributed by atoms with Crippen LogP contribution in [0, 0.1) is 18.8 Å². The number of amides is 2. The van der Waals surface area contributed by atoms with Crippen LogP contribution in [0.3, 0.4) is 0 Å². The molecule has 1 N–H and O–H groups in total. The number of likely N-dealkylation sites (tertiary alicyclic amines) is 1. The summed E-state index contributed by atoms with van der Waals surface area (Å²) in [5.74, 6) is -3.18. The molecule has 2 bridgehead atoms. The summed E-state index contributed by atoms with van der Waals surface area (Å²) in [4.78, 5) is 46.4. The van der Waals surface area contributed by atoms with Gasteiger partial charge >= 0.3 is 5.97 Å². The number of anilines is 1. The molecule has 5 rings (SSSR count). The molecule has 1 spiro atoms. The Kier molecular flexibility index (Phi) is 8.84. The van der Waals surface area contributed by atoms with Gasteiger partial charge in [-0.3, -0.25) is 14.4 Å². The summed E-state index contributed by atoms with van der Waals surface area (Å²) in [5.41, 5.74) is -0.286. The quantitative estimate of drug-likeness (QED) is 0.203. The van der Waals surface area contributed by atoms with Gasteiger partial charge in [-0.15, -0.1) is 13.2 Å². The van der Waals surface area contributed by atoms with E-state index in [9.17, 15) is 19.5 Å². The molecule has 2 amide bonds. The molecule has 3 fully saturated rings. The normalized spacial score (nSPS) is 28.0. The van der Waals surface area contributed by atoms with Gasteiger partial charge < -0.3 is 24.4 Å². The molecule has 228 valence electrons. The van der Waals surface area contributed by atoms with Crippen molar-refractivity contribution in [2.24, 2.45) is 11.8 Å². The molecule has 3 aliphatic rings. The molecule has 8 nitrogen and oxygen atoms in total. The third-order valence-electron chi connectivity index (χ3n) is 9.40. The number of aliphatic hydroxyl groups is 1. The highest BCUT2D eigenvalue weighted by molar-refractivity contribution is 6.34. The number of aliphatic hydroxyl groups excluding tert-OH is 1. The standard InChI is InChI=1S/C34H39ClN2O6/c1-5-8-20-42-32(41)27-26-30(39)37(25(21-38)23-14-10-9-11-15-23)29(34(26)18-17-33(27,7-3)43-34)31(40)36(19-6-2)28-22(4)13-12-16-24(28)35/h5-6,9-16,25-27,29,38H,1-2,7-8,17-21H2,3-4H3/t25-,26+,27-,29?,33+,34?/m1/s1. The molecule has 2 aromatic carbocycles. The number of fused-ring (bicyclic) bond motifs is 1. The Hall–Kier alpha value is -3.46. The maximum atomic E-state index is 15.0. The van der Waals surface area contributed by atoms with Crippen LogP contribution >= 0.6 is 11.6 Å². The van der Waals surface area contributed by atoms with Gasteiger partial charge in [0.2, 0.25) is 5.91 Å². The number of ether oxygens (including phenoxy) is 2. The molecule has 0 aromatic heterocycles. The van der Waals surface area contributed by atoms with Gasteiger partial charge in [0.25, 0.3) is 5.91 Å². The Morgan fingerprint density at radius 3 is 2.56 bits per heavy atom. The number of nitrogens with zero attached hydrogens (tertiary/aromatic N) is 2. The van der Waals surface area contributed by atoms with Crippen molar-refractivity contribution >= 4 is 35.1 Å². The van der Waals surface area contributed by atoms with Crippen molar-refractivity contribution in [1.29, 1.82) is 0 Å². The number of carbonyl (C=O) groups is 3. The highest BCUT2D eigenvalue weighted by Gasteiger charge is 2.79. The molecule has 3 heterocycles. The monoisotopic (exact) mass is 606 g/mol. The Balaban J connectivity index is 1.68. The Morgan fingerprint density at radius 1 is 1.19 bits per heavy atom. The second kappa shape index (κ2) is 12.3.